The van der Waals surface area contributed by atoms with E-state index < -0.39 is 5.92 Å². The standard InChI is InChI=1S/C18H14N4O/c1-10-6-12(9-21-8-10)15-13-3-2-11-4-5-22-16(11)17(13)23-18(20)14(15)7-19/h2-6,8-9,14-15,20,22H,1H3. The molecule has 2 N–H and O–H groups in total. The molecule has 2 unspecified atom stereocenters. The van der Waals surface area contributed by atoms with E-state index in [4.69, 9.17) is 10.1 Å². The highest BCUT2D eigenvalue weighted by Gasteiger charge is 2.38. The van der Waals surface area contributed by atoms with Crippen molar-refractivity contribution < 1.29 is 4.74 Å². The molecular weight excluding hydrogens is 288 g/mol. The van der Waals surface area contributed by atoms with E-state index in [1.54, 1.807) is 12.4 Å². The predicted molar refractivity (Wildman–Crippen MR) is 86.6 cm³/mol. The van der Waals surface area contributed by atoms with Gasteiger partial charge in [-0.2, -0.15) is 5.26 Å². The molecule has 2 aromatic heterocycles. The molecule has 0 saturated heterocycles. The number of aromatic nitrogens is 2. The molecule has 5 nitrogen and oxygen atoms in total. The van der Waals surface area contributed by atoms with Crippen molar-refractivity contribution in [3.63, 3.8) is 0 Å². The lowest BCUT2D eigenvalue weighted by Crippen LogP contribution is -2.31. The van der Waals surface area contributed by atoms with Gasteiger partial charge in [0.15, 0.2) is 5.75 Å². The first-order chi connectivity index (χ1) is 11.2. The van der Waals surface area contributed by atoms with Gasteiger partial charge in [-0.05, 0) is 24.1 Å². The summed E-state index contributed by atoms with van der Waals surface area (Å²) in [4.78, 5) is 7.41. The smallest absolute Gasteiger partial charge is 0.205 e. The largest absolute Gasteiger partial charge is 0.440 e. The summed E-state index contributed by atoms with van der Waals surface area (Å²) in [6.07, 6.45) is 5.39. The third-order valence-corrected chi connectivity index (χ3v) is 4.27. The molecule has 1 aliphatic heterocycles. The number of nitrogens with zero attached hydrogens (tertiary/aromatic N) is 2. The monoisotopic (exact) mass is 302 g/mol. The summed E-state index contributed by atoms with van der Waals surface area (Å²) in [5, 5.41) is 18.7. The van der Waals surface area contributed by atoms with E-state index in [1.807, 2.05) is 37.4 Å². The fraction of sp³-hybridized carbons (Fsp3) is 0.167. The number of H-pyrrole nitrogens is 1. The lowest BCUT2D eigenvalue weighted by molar-refractivity contribution is 0.454. The molecule has 0 bridgehead atoms. The Morgan fingerprint density at radius 3 is 2.96 bits per heavy atom. The zero-order valence-electron chi connectivity index (χ0n) is 12.5. The van der Waals surface area contributed by atoms with Gasteiger partial charge < -0.3 is 9.72 Å². The number of benzene rings is 1. The van der Waals surface area contributed by atoms with Crippen LogP contribution in [0, 0.1) is 29.6 Å². The summed E-state index contributed by atoms with van der Waals surface area (Å²) in [5.41, 5.74) is 3.72. The minimum Gasteiger partial charge on any atom is -0.440 e. The van der Waals surface area contributed by atoms with Crippen molar-refractivity contribution in [2.75, 3.05) is 0 Å². The second kappa shape index (κ2) is 4.96. The quantitative estimate of drug-likeness (QED) is 0.721. The molecule has 5 heteroatoms. The number of nitriles is 1. The maximum Gasteiger partial charge on any atom is 0.205 e. The Balaban J connectivity index is 1.99. The van der Waals surface area contributed by atoms with Crippen LogP contribution in [0.25, 0.3) is 10.9 Å². The lowest BCUT2D eigenvalue weighted by Gasteiger charge is -2.30. The fourth-order valence-corrected chi connectivity index (χ4v) is 3.23. The number of fused-ring (bicyclic) bond motifs is 3. The van der Waals surface area contributed by atoms with Crippen molar-refractivity contribution in [2.45, 2.75) is 12.8 Å². The summed E-state index contributed by atoms with van der Waals surface area (Å²) in [7, 11) is 0. The zero-order chi connectivity index (χ0) is 16.0. The van der Waals surface area contributed by atoms with Gasteiger partial charge in [0, 0.05) is 35.5 Å². The Labute approximate surface area is 133 Å². The summed E-state index contributed by atoms with van der Waals surface area (Å²) in [5.74, 6) is -0.293. The second-order valence-electron chi connectivity index (χ2n) is 5.77. The third-order valence-electron chi connectivity index (χ3n) is 4.27. The van der Waals surface area contributed by atoms with E-state index >= 15 is 0 Å². The van der Waals surface area contributed by atoms with Crippen molar-refractivity contribution in [1.29, 1.82) is 10.7 Å². The van der Waals surface area contributed by atoms with Crippen LogP contribution in [0.4, 0.5) is 0 Å². The number of ether oxygens (including phenoxy) is 1. The van der Waals surface area contributed by atoms with Crippen LogP contribution in [0.2, 0.25) is 0 Å². The highest BCUT2D eigenvalue weighted by atomic mass is 16.5. The summed E-state index contributed by atoms with van der Waals surface area (Å²) >= 11 is 0. The molecule has 23 heavy (non-hydrogen) atoms. The lowest BCUT2D eigenvalue weighted by atomic mass is 9.79. The summed E-state index contributed by atoms with van der Waals surface area (Å²) < 4.78 is 5.70. The van der Waals surface area contributed by atoms with Crippen LogP contribution >= 0.6 is 0 Å². The fourth-order valence-electron chi connectivity index (χ4n) is 3.23. The van der Waals surface area contributed by atoms with Crippen molar-refractivity contribution in [3.05, 3.63) is 59.5 Å². The van der Waals surface area contributed by atoms with E-state index in [0.717, 1.165) is 27.6 Å². The van der Waals surface area contributed by atoms with Gasteiger partial charge in [-0.1, -0.05) is 18.2 Å². The number of aryl methyl sites for hydroxylation is 1. The Bertz CT molecular complexity index is 967. The minimum atomic E-state index is -0.654. The first-order valence-corrected chi connectivity index (χ1v) is 7.36. The minimum absolute atomic E-state index is 0.0198. The SMILES string of the molecule is Cc1cncc(C2c3ccc4cc[nH]c4c3OC(=N)C2C#N)c1. The molecule has 0 radical (unpaired) electrons. The van der Waals surface area contributed by atoms with Crippen molar-refractivity contribution >= 4 is 16.8 Å². The van der Waals surface area contributed by atoms with Crippen molar-refractivity contribution in [1.82, 2.24) is 9.97 Å². The Morgan fingerprint density at radius 1 is 1.30 bits per heavy atom. The van der Waals surface area contributed by atoms with Crippen LogP contribution in [0.5, 0.6) is 5.75 Å². The van der Waals surface area contributed by atoms with Crippen LogP contribution in [0.3, 0.4) is 0 Å². The second-order valence-corrected chi connectivity index (χ2v) is 5.77. The van der Waals surface area contributed by atoms with E-state index in [9.17, 15) is 5.26 Å². The zero-order valence-corrected chi connectivity index (χ0v) is 12.5. The van der Waals surface area contributed by atoms with Crippen LogP contribution in [0.15, 0.2) is 42.9 Å². The van der Waals surface area contributed by atoms with Crippen LogP contribution in [-0.2, 0) is 0 Å². The Morgan fingerprint density at radius 2 is 2.17 bits per heavy atom. The summed E-state index contributed by atoms with van der Waals surface area (Å²) in [6, 6.07) is 10.2. The summed E-state index contributed by atoms with van der Waals surface area (Å²) in [6.45, 7) is 1.97. The molecule has 4 rings (SSSR count). The molecule has 112 valence electrons. The molecule has 3 heterocycles. The molecular formula is C18H14N4O. The highest BCUT2D eigenvalue weighted by molar-refractivity contribution is 5.94. The van der Waals surface area contributed by atoms with Gasteiger partial charge in [-0.3, -0.25) is 10.4 Å². The number of hydrogen-bond donors (Lipinski definition) is 2. The molecule has 3 aromatic rings. The molecule has 2 atom stereocenters. The van der Waals surface area contributed by atoms with Crippen molar-refractivity contribution in [2.24, 2.45) is 5.92 Å². The predicted octanol–water partition coefficient (Wildman–Crippen LogP) is 3.51. The average molecular weight is 302 g/mol. The number of nitrogens with one attached hydrogen (secondary N) is 2. The van der Waals surface area contributed by atoms with Gasteiger partial charge in [0.25, 0.3) is 0 Å². The molecule has 1 aliphatic rings. The Hall–Kier alpha value is -3.13. The maximum absolute atomic E-state index is 9.56. The van der Waals surface area contributed by atoms with Gasteiger partial charge in [0.05, 0.1) is 11.6 Å². The Kier molecular flexibility index (Phi) is 2.91. The number of hydrogen-bond acceptors (Lipinski definition) is 4. The molecule has 0 fully saturated rings. The number of aromatic amines is 1. The van der Waals surface area contributed by atoms with Crippen molar-refractivity contribution in [3.8, 4) is 11.8 Å². The third kappa shape index (κ3) is 2.00. The van der Waals surface area contributed by atoms with E-state index in [0.29, 0.717) is 5.75 Å². The van der Waals surface area contributed by atoms with Crippen LogP contribution in [0.1, 0.15) is 22.6 Å². The van der Waals surface area contributed by atoms with Crippen LogP contribution < -0.4 is 4.74 Å². The van der Waals surface area contributed by atoms with E-state index in [-0.39, 0.29) is 11.8 Å². The van der Waals surface area contributed by atoms with Gasteiger partial charge in [-0.25, -0.2) is 0 Å². The van der Waals surface area contributed by atoms with E-state index in [1.165, 1.54) is 0 Å². The molecule has 1 aromatic carbocycles. The molecule has 0 aliphatic carbocycles. The number of rotatable bonds is 1. The van der Waals surface area contributed by atoms with Gasteiger partial charge in [-0.15, -0.1) is 0 Å². The van der Waals surface area contributed by atoms with Gasteiger partial charge in [0.1, 0.15) is 5.92 Å². The highest BCUT2D eigenvalue weighted by Crippen LogP contribution is 2.44. The molecule has 0 amide bonds. The first-order valence-electron chi connectivity index (χ1n) is 7.36. The van der Waals surface area contributed by atoms with E-state index in [2.05, 4.69) is 16.0 Å². The molecule has 0 spiro atoms. The average Bonchev–Trinajstić information content (AvgIpc) is 3.02. The maximum atomic E-state index is 9.56. The van der Waals surface area contributed by atoms with Gasteiger partial charge >= 0.3 is 0 Å². The van der Waals surface area contributed by atoms with Gasteiger partial charge in [0.2, 0.25) is 5.90 Å². The number of pyridine rings is 1. The molecule has 0 saturated carbocycles. The normalized spacial score (nSPS) is 19.9. The topological polar surface area (TPSA) is 85.5 Å². The van der Waals surface area contributed by atoms with Crippen LogP contribution in [-0.4, -0.2) is 15.9 Å². The first kappa shape index (κ1) is 13.5.